The molecular weight excluding hydrogens is 248 g/mol. The van der Waals surface area contributed by atoms with Gasteiger partial charge in [0.15, 0.2) is 5.84 Å². The van der Waals surface area contributed by atoms with Crippen molar-refractivity contribution in [2.24, 2.45) is 22.2 Å². The molecule has 0 unspecified atom stereocenters. The molecule has 0 bridgehead atoms. The molecule has 1 aliphatic heterocycles. The summed E-state index contributed by atoms with van der Waals surface area (Å²) in [5.41, 5.74) is 4.82. The maximum absolute atomic E-state index is 12.4. The van der Waals surface area contributed by atoms with Crippen LogP contribution in [0.25, 0.3) is 0 Å². The van der Waals surface area contributed by atoms with Crippen LogP contribution in [0.3, 0.4) is 0 Å². The Kier molecular flexibility index (Phi) is 3.64. The minimum Gasteiger partial charge on any atom is -0.409 e. The lowest BCUT2D eigenvalue weighted by Crippen LogP contribution is -2.48. The van der Waals surface area contributed by atoms with E-state index in [9.17, 15) is 9.59 Å². The lowest BCUT2D eigenvalue weighted by atomic mass is 9.94. The van der Waals surface area contributed by atoms with Gasteiger partial charge in [-0.1, -0.05) is 5.16 Å². The van der Waals surface area contributed by atoms with E-state index in [2.05, 4.69) is 10.5 Å². The van der Waals surface area contributed by atoms with E-state index >= 15 is 0 Å². The standard InChI is InChI=1S/C12H20N4O3/c1-14-9(17)8-2-6-16(7-3-8)11(18)12(4-5-12)10(13)15-19/h8,19H,2-7H2,1H3,(H2,13,15)(H,14,17). The molecule has 0 aromatic heterocycles. The number of likely N-dealkylation sites (tertiary alicyclic amines) is 1. The molecule has 7 heteroatoms. The SMILES string of the molecule is CNC(=O)C1CCN(C(=O)C2(C(N)=NO)CC2)CC1. The van der Waals surface area contributed by atoms with Gasteiger partial charge < -0.3 is 21.2 Å². The van der Waals surface area contributed by atoms with Gasteiger partial charge in [-0.3, -0.25) is 9.59 Å². The largest absolute Gasteiger partial charge is 0.409 e. The topological polar surface area (TPSA) is 108 Å². The Hall–Kier alpha value is -1.79. The second-order valence-corrected chi connectivity index (χ2v) is 5.25. The molecule has 1 saturated heterocycles. The maximum Gasteiger partial charge on any atom is 0.236 e. The van der Waals surface area contributed by atoms with Gasteiger partial charge in [0.25, 0.3) is 0 Å². The molecule has 2 amide bonds. The average molecular weight is 268 g/mol. The van der Waals surface area contributed by atoms with Gasteiger partial charge in [-0.25, -0.2) is 0 Å². The highest BCUT2D eigenvalue weighted by atomic mass is 16.4. The number of carbonyl (C=O) groups is 2. The van der Waals surface area contributed by atoms with E-state index in [0.717, 1.165) is 0 Å². The van der Waals surface area contributed by atoms with E-state index in [1.54, 1.807) is 11.9 Å². The molecule has 7 nitrogen and oxygen atoms in total. The first kappa shape index (κ1) is 13.6. The van der Waals surface area contributed by atoms with Crippen LogP contribution in [-0.4, -0.2) is 47.9 Å². The summed E-state index contributed by atoms with van der Waals surface area (Å²) >= 11 is 0. The summed E-state index contributed by atoms with van der Waals surface area (Å²) in [4.78, 5) is 25.6. The fraction of sp³-hybridized carbons (Fsp3) is 0.750. The summed E-state index contributed by atoms with van der Waals surface area (Å²) in [6.45, 7) is 1.11. The second-order valence-electron chi connectivity index (χ2n) is 5.25. The average Bonchev–Trinajstić information content (AvgIpc) is 3.26. The predicted octanol–water partition coefficient (Wildman–Crippen LogP) is -0.502. The lowest BCUT2D eigenvalue weighted by molar-refractivity contribution is -0.138. The second kappa shape index (κ2) is 5.07. The minimum absolute atomic E-state index is 0.00549. The van der Waals surface area contributed by atoms with Crippen LogP contribution < -0.4 is 11.1 Å². The van der Waals surface area contributed by atoms with E-state index in [-0.39, 0.29) is 23.6 Å². The first-order chi connectivity index (χ1) is 9.05. The zero-order valence-corrected chi connectivity index (χ0v) is 11.1. The Morgan fingerprint density at radius 2 is 1.95 bits per heavy atom. The molecular formula is C12H20N4O3. The fourth-order valence-electron chi connectivity index (χ4n) is 2.65. The molecule has 0 aromatic carbocycles. The molecule has 2 aliphatic rings. The number of hydrogen-bond acceptors (Lipinski definition) is 4. The number of piperidine rings is 1. The number of hydrogen-bond donors (Lipinski definition) is 3. The molecule has 0 atom stereocenters. The van der Waals surface area contributed by atoms with Crippen molar-refractivity contribution in [3.8, 4) is 0 Å². The van der Waals surface area contributed by atoms with Crippen molar-refractivity contribution in [2.45, 2.75) is 25.7 Å². The molecule has 19 heavy (non-hydrogen) atoms. The Morgan fingerprint density at radius 3 is 2.37 bits per heavy atom. The van der Waals surface area contributed by atoms with Crippen LogP contribution in [0.2, 0.25) is 0 Å². The molecule has 1 heterocycles. The third-order valence-corrected chi connectivity index (χ3v) is 4.16. The molecule has 1 saturated carbocycles. The summed E-state index contributed by atoms with van der Waals surface area (Å²) in [6, 6.07) is 0. The number of nitrogens with two attached hydrogens (primary N) is 1. The number of oxime groups is 1. The Labute approximate surface area is 111 Å². The lowest BCUT2D eigenvalue weighted by Gasteiger charge is -2.33. The Balaban J connectivity index is 1.95. The monoisotopic (exact) mass is 268 g/mol. The Morgan fingerprint density at radius 1 is 1.37 bits per heavy atom. The molecule has 0 radical (unpaired) electrons. The summed E-state index contributed by atoms with van der Waals surface area (Å²) < 4.78 is 0. The normalized spacial score (nSPS) is 23.0. The van der Waals surface area contributed by atoms with Gasteiger partial charge in [0.1, 0.15) is 5.41 Å². The number of carbonyl (C=O) groups excluding carboxylic acids is 2. The quantitative estimate of drug-likeness (QED) is 0.277. The molecule has 2 rings (SSSR count). The predicted molar refractivity (Wildman–Crippen MR) is 68.4 cm³/mol. The molecule has 2 fully saturated rings. The van der Waals surface area contributed by atoms with Gasteiger partial charge in [-0.15, -0.1) is 0 Å². The highest BCUT2D eigenvalue weighted by Gasteiger charge is 2.56. The highest BCUT2D eigenvalue weighted by Crippen LogP contribution is 2.47. The van der Waals surface area contributed by atoms with Gasteiger partial charge in [0, 0.05) is 26.1 Å². The van der Waals surface area contributed by atoms with Gasteiger partial charge in [-0.05, 0) is 25.7 Å². The van der Waals surface area contributed by atoms with Crippen LogP contribution in [0.1, 0.15) is 25.7 Å². The van der Waals surface area contributed by atoms with E-state index in [0.29, 0.717) is 38.8 Å². The third-order valence-electron chi connectivity index (χ3n) is 4.16. The zero-order chi connectivity index (χ0) is 14.0. The molecule has 1 aliphatic carbocycles. The van der Waals surface area contributed by atoms with Crippen molar-refractivity contribution in [2.75, 3.05) is 20.1 Å². The van der Waals surface area contributed by atoms with E-state index in [1.165, 1.54) is 0 Å². The zero-order valence-electron chi connectivity index (χ0n) is 11.1. The van der Waals surface area contributed by atoms with Gasteiger partial charge in [0.05, 0.1) is 0 Å². The summed E-state index contributed by atoms with van der Waals surface area (Å²) in [6.07, 6.45) is 2.60. The number of nitrogens with zero attached hydrogens (tertiary/aromatic N) is 2. The van der Waals surface area contributed by atoms with Crippen LogP contribution in [-0.2, 0) is 9.59 Å². The minimum atomic E-state index is -0.783. The smallest absolute Gasteiger partial charge is 0.236 e. The fourth-order valence-corrected chi connectivity index (χ4v) is 2.65. The van der Waals surface area contributed by atoms with E-state index in [4.69, 9.17) is 10.9 Å². The van der Waals surface area contributed by atoms with Crippen molar-refractivity contribution >= 4 is 17.6 Å². The van der Waals surface area contributed by atoms with Gasteiger partial charge in [0.2, 0.25) is 11.8 Å². The van der Waals surface area contributed by atoms with Crippen molar-refractivity contribution < 1.29 is 14.8 Å². The number of amidine groups is 1. The van der Waals surface area contributed by atoms with E-state index in [1.807, 2.05) is 0 Å². The summed E-state index contributed by atoms with van der Waals surface area (Å²) in [5, 5.41) is 14.4. The maximum atomic E-state index is 12.4. The molecule has 0 aromatic rings. The number of rotatable bonds is 3. The van der Waals surface area contributed by atoms with Crippen molar-refractivity contribution in [1.29, 1.82) is 0 Å². The van der Waals surface area contributed by atoms with Crippen LogP contribution in [0.5, 0.6) is 0 Å². The van der Waals surface area contributed by atoms with Crippen molar-refractivity contribution in [3.63, 3.8) is 0 Å². The highest BCUT2D eigenvalue weighted by molar-refractivity contribution is 6.09. The van der Waals surface area contributed by atoms with Crippen molar-refractivity contribution in [1.82, 2.24) is 10.2 Å². The molecule has 4 N–H and O–H groups in total. The molecule has 106 valence electrons. The third kappa shape index (κ3) is 2.36. The van der Waals surface area contributed by atoms with Crippen LogP contribution >= 0.6 is 0 Å². The first-order valence-corrected chi connectivity index (χ1v) is 6.54. The molecule has 0 spiro atoms. The number of amides is 2. The van der Waals surface area contributed by atoms with Crippen LogP contribution in [0.4, 0.5) is 0 Å². The number of nitrogens with one attached hydrogen (secondary N) is 1. The van der Waals surface area contributed by atoms with Gasteiger partial charge >= 0.3 is 0 Å². The summed E-state index contributed by atoms with van der Waals surface area (Å²) in [5.74, 6) is -0.0539. The Bertz CT molecular complexity index is 409. The van der Waals surface area contributed by atoms with Crippen LogP contribution in [0, 0.1) is 11.3 Å². The van der Waals surface area contributed by atoms with Gasteiger partial charge in [-0.2, -0.15) is 0 Å². The first-order valence-electron chi connectivity index (χ1n) is 6.54. The van der Waals surface area contributed by atoms with Crippen LogP contribution in [0.15, 0.2) is 5.16 Å². The summed E-state index contributed by atoms with van der Waals surface area (Å²) in [7, 11) is 1.62. The van der Waals surface area contributed by atoms with Crippen molar-refractivity contribution in [3.05, 3.63) is 0 Å². The van der Waals surface area contributed by atoms with E-state index < -0.39 is 5.41 Å².